The van der Waals surface area contributed by atoms with Gasteiger partial charge in [-0.3, -0.25) is 4.79 Å². The molecule has 0 saturated heterocycles. The number of nitrogens with zero attached hydrogens (tertiary/aromatic N) is 1. The third kappa shape index (κ3) is 4.62. The number of aromatic nitrogens is 1. The molecule has 0 aliphatic heterocycles. The number of rotatable bonds is 5. The van der Waals surface area contributed by atoms with E-state index >= 15 is 0 Å². The fraction of sp³-hybridized carbons (Fsp3) is 0.200. The Morgan fingerprint density at radius 1 is 1.33 bits per heavy atom. The first kappa shape index (κ1) is 15.6. The van der Waals surface area contributed by atoms with Crippen LogP contribution in [0.25, 0.3) is 0 Å². The van der Waals surface area contributed by atoms with Crippen LogP contribution < -0.4 is 10.1 Å². The molecule has 0 unspecified atom stereocenters. The van der Waals surface area contributed by atoms with Gasteiger partial charge < -0.3 is 10.1 Å². The third-order valence-electron chi connectivity index (χ3n) is 2.71. The molecule has 1 aromatic heterocycles. The van der Waals surface area contributed by atoms with Crippen LogP contribution in [-0.2, 0) is 0 Å². The van der Waals surface area contributed by atoms with Gasteiger partial charge in [0, 0.05) is 6.20 Å². The molecule has 1 heterocycles. The van der Waals surface area contributed by atoms with Gasteiger partial charge in [0.25, 0.3) is 5.91 Å². The molecule has 4 nitrogen and oxygen atoms in total. The minimum Gasteiger partial charge on any atom is -0.492 e. The van der Waals surface area contributed by atoms with Crippen molar-refractivity contribution in [2.24, 2.45) is 0 Å². The molecule has 21 heavy (non-hydrogen) atoms. The standard InChI is InChI=1S/C15H14Cl2N2O2/c1-10-3-2-4-11(7-10)21-6-5-18-15(20)12-8-14(17)19-9-13(12)16/h2-4,7-9H,5-6H2,1H3,(H,18,20). The summed E-state index contributed by atoms with van der Waals surface area (Å²) in [5, 5.41) is 3.20. The Morgan fingerprint density at radius 3 is 2.90 bits per heavy atom. The van der Waals surface area contributed by atoms with Crippen molar-refractivity contribution in [1.29, 1.82) is 0 Å². The van der Waals surface area contributed by atoms with Gasteiger partial charge in [0.1, 0.15) is 17.5 Å². The van der Waals surface area contributed by atoms with Crippen molar-refractivity contribution in [2.45, 2.75) is 6.92 Å². The first-order valence-corrected chi connectivity index (χ1v) is 7.10. The molecule has 0 radical (unpaired) electrons. The second kappa shape index (κ2) is 7.29. The molecule has 0 spiro atoms. The highest BCUT2D eigenvalue weighted by atomic mass is 35.5. The second-order valence-electron chi connectivity index (χ2n) is 4.41. The van der Waals surface area contributed by atoms with Crippen LogP contribution in [0.5, 0.6) is 5.75 Å². The Bertz CT molecular complexity index is 647. The number of ether oxygens (including phenoxy) is 1. The van der Waals surface area contributed by atoms with Crippen LogP contribution in [0.2, 0.25) is 10.2 Å². The van der Waals surface area contributed by atoms with Gasteiger partial charge in [0.15, 0.2) is 0 Å². The number of amides is 1. The van der Waals surface area contributed by atoms with E-state index in [9.17, 15) is 4.79 Å². The Labute approximate surface area is 133 Å². The number of nitrogens with one attached hydrogen (secondary N) is 1. The summed E-state index contributed by atoms with van der Waals surface area (Å²) in [6.07, 6.45) is 1.35. The molecule has 0 saturated carbocycles. The van der Waals surface area contributed by atoms with Gasteiger partial charge in [-0.25, -0.2) is 4.98 Å². The van der Waals surface area contributed by atoms with E-state index in [1.54, 1.807) is 0 Å². The molecule has 2 rings (SSSR count). The number of aryl methyl sites for hydroxylation is 1. The van der Waals surface area contributed by atoms with Crippen LogP contribution in [0.4, 0.5) is 0 Å². The number of pyridine rings is 1. The quantitative estimate of drug-likeness (QED) is 0.676. The molecular formula is C15H14Cl2N2O2. The highest BCUT2D eigenvalue weighted by Crippen LogP contribution is 2.17. The number of hydrogen-bond acceptors (Lipinski definition) is 3. The van der Waals surface area contributed by atoms with Gasteiger partial charge in [-0.1, -0.05) is 35.3 Å². The number of hydrogen-bond donors (Lipinski definition) is 1. The maximum atomic E-state index is 11.9. The fourth-order valence-corrected chi connectivity index (χ4v) is 2.07. The van der Waals surface area contributed by atoms with Crippen LogP contribution in [0.1, 0.15) is 15.9 Å². The normalized spacial score (nSPS) is 10.2. The summed E-state index contributed by atoms with van der Waals surface area (Å²) in [6.45, 7) is 2.72. The monoisotopic (exact) mass is 324 g/mol. The Morgan fingerprint density at radius 2 is 2.14 bits per heavy atom. The highest BCUT2D eigenvalue weighted by molar-refractivity contribution is 6.35. The van der Waals surface area contributed by atoms with Crippen molar-refractivity contribution in [3.05, 3.63) is 57.8 Å². The SMILES string of the molecule is Cc1cccc(OCCNC(=O)c2cc(Cl)ncc2Cl)c1. The first-order valence-electron chi connectivity index (χ1n) is 6.35. The lowest BCUT2D eigenvalue weighted by atomic mass is 10.2. The van der Waals surface area contributed by atoms with Gasteiger partial charge in [-0.05, 0) is 30.7 Å². The lowest BCUT2D eigenvalue weighted by Crippen LogP contribution is -2.28. The second-order valence-corrected chi connectivity index (χ2v) is 5.20. The fourth-order valence-electron chi connectivity index (χ4n) is 1.72. The van der Waals surface area contributed by atoms with Gasteiger partial charge in [-0.15, -0.1) is 0 Å². The summed E-state index contributed by atoms with van der Waals surface area (Å²) < 4.78 is 5.54. The van der Waals surface area contributed by atoms with Gasteiger partial charge >= 0.3 is 0 Å². The van der Waals surface area contributed by atoms with Gasteiger partial charge in [-0.2, -0.15) is 0 Å². The number of halogens is 2. The summed E-state index contributed by atoms with van der Waals surface area (Å²) in [5.41, 5.74) is 1.42. The van der Waals surface area contributed by atoms with E-state index in [0.717, 1.165) is 11.3 Å². The molecule has 2 aromatic rings. The first-order chi connectivity index (χ1) is 10.1. The zero-order chi connectivity index (χ0) is 15.2. The lowest BCUT2D eigenvalue weighted by Gasteiger charge is -2.09. The van der Waals surface area contributed by atoms with E-state index in [1.165, 1.54) is 12.3 Å². The van der Waals surface area contributed by atoms with Crippen molar-refractivity contribution in [3.63, 3.8) is 0 Å². The minimum absolute atomic E-state index is 0.223. The molecule has 1 N–H and O–H groups in total. The summed E-state index contributed by atoms with van der Waals surface area (Å²) in [7, 11) is 0. The zero-order valence-corrected chi connectivity index (χ0v) is 12.9. The molecule has 1 aromatic carbocycles. The summed E-state index contributed by atoms with van der Waals surface area (Å²) in [5.74, 6) is 0.464. The average Bonchev–Trinajstić information content (AvgIpc) is 2.46. The zero-order valence-electron chi connectivity index (χ0n) is 11.4. The average molecular weight is 325 g/mol. The number of carbonyl (C=O) groups is 1. The Balaban J connectivity index is 1.83. The van der Waals surface area contributed by atoms with Crippen LogP contribution >= 0.6 is 23.2 Å². The molecule has 0 bridgehead atoms. The molecule has 0 aliphatic carbocycles. The molecule has 0 fully saturated rings. The third-order valence-corrected chi connectivity index (χ3v) is 3.22. The smallest absolute Gasteiger partial charge is 0.253 e. The van der Waals surface area contributed by atoms with Crippen molar-refractivity contribution < 1.29 is 9.53 Å². The van der Waals surface area contributed by atoms with Crippen LogP contribution in [0.3, 0.4) is 0 Å². The topological polar surface area (TPSA) is 51.2 Å². The predicted octanol–water partition coefficient (Wildman–Crippen LogP) is 3.51. The van der Waals surface area contributed by atoms with Crippen LogP contribution in [0, 0.1) is 6.92 Å². The Kier molecular flexibility index (Phi) is 5.42. The number of benzene rings is 1. The number of carbonyl (C=O) groups excluding carboxylic acids is 1. The summed E-state index contributed by atoms with van der Waals surface area (Å²) in [4.78, 5) is 15.7. The van der Waals surface area contributed by atoms with Crippen LogP contribution in [-0.4, -0.2) is 24.0 Å². The van der Waals surface area contributed by atoms with E-state index in [2.05, 4.69) is 10.3 Å². The highest BCUT2D eigenvalue weighted by Gasteiger charge is 2.11. The van der Waals surface area contributed by atoms with E-state index in [1.807, 2.05) is 31.2 Å². The van der Waals surface area contributed by atoms with Crippen LogP contribution in [0.15, 0.2) is 36.5 Å². The molecular weight excluding hydrogens is 311 g/mol. The van der Waals surface area contributed by atoms with E-state index in [-0.39, 0.29) is 16.1 Å². The van der Waals surface area contributed by atoms with Gasteiger partial charge in [0.2, 0.25) is 0 Å². The minimum atomic E-state index is -0.308. The lowest BCUT2D eigenvalue weighted by molar-refractivity contribution is 0.0947. The van der Waals surface area contributed by atoms with E-state index in [0.29, 0.717) is 18.7 Å². The molecule has 0 atom stereocenters. The maximum absolute atomic E-state index is 11.9. The Hall–Kier alpha value is -1.78. The van der Waals surface area contributed by atoms with E-state index in [4.69, 9.17) is 27.9 Å². The van der Waals surface area contributed by atoms with Gasteiger partial charge in [0.05, 0.1) is 17.1 Å². The molecule has 110 valence electrons. The van der Waals surface area contributed by atoms with Crippen molar-refractivity contribution in [1.82, 2.24) is 10.3 Å². The molecule has 0 aliphatic rings. The molecule has 1 amide bonds. The van der Waals surface area contributed by atoms with E-state index < -0.39 is 0 Å². The van der Waals surface area contributed by atoms with Crippen molar-refractivity contribution in [2.75, 3.05) is 13.2 Å². The summed E-state index contributed by atoms with van der Waals surface area (Å²) >= 11 is 11.6. The summed E-state index contributed by atoms with van der Waals surface area (Å²) in [6, 6.07) is 9.14. The van der Waals surface area contributed by atoms with Crippen molar-refractivity contribution >= 4 is 29.1 Å². The largest absolute Gasteiger partial charge is 0.492 e. The van der Waals surface area contributed by atoms with Crippen molar-refractivity contribution in [3.8, 4) is 5.75 Å². The maximum Gasteiger partial charge on any atom is 0.253 e. The predicted molar refractivity (Wildman–Crippen MR) is 83.3 cm³/mol. The molecule has 6 heteroatoms.